The van der Waals surface area contributed by atoms with Gasteiger partial charge in [0.25, 0.3) is 0 Å². The molecule has 0 radical (unpaired) electrons. The smallest absolute Gasteiger partial charge is 0.171 e. The lowest BCUT2D eigenvalue weighted by Crippen LogP contribution is -2.24. The summed E-state index contributed by atoms with van der Waals surface area (Å²) >= 11 is 0. The van der Waals surface area contributed by atoms with Gasteiger partial charge < -0.3 is 9.13 Å². The van der Waals surface area contributed by atoms with Crippen LogP contribution in [0.15, 0.2) is 188 Å². The van der Waals surface area contributed by atoms with Crippen molar-refractivity contribution in [3.8, 4) is 22.5 Å². The highest BCUT2D eigenvalue weighted by Crippen LogP contribution is 2.43. The van der Waals surface area contributed by atoms with Gasteiger partial charge in [-0.25, -0.2) is 4.98 Å². The van der Waals surface area contributed by atoms with E-state index < -0.39 is 14.3 Å². The monoisotopic (exact) mass is 631 g/mol. The molecule has 0 N–H and O–H groups in total. The fourth-order valence-electron chi connectivity index (χ4n) is 5.89. The first kappa shape index (κ1) is 29.6. The Kier molecular flexibility index (Phi) is 8.20. The number of hydrogen-bond acceptors (Lipinski definition) is 3. The van der Waals surface area contributed by atoms with Crippen LogP contribution in [0.1, 0.15) is 0 Å². The fraction of sp³-hybridized carbons (Fsp3) is 0. The lowest BCUT2D eigenvalue weighted by molar-refractivity contribution is 0.591. The Labute approximate surface area is 270 Å². The van der Waals surface area contributed by atoms with Crippen LogP contribution in [0.3, 0.4) is 0 Å². The fourth-order valence-corrected chi connectivity index (χ4v) is 11.2. The van der Waals surface area contributed by atoms with Gasteiger partial charge in [-0.1, -0.05) is 176 Å². The number of aromatic nitrogens is 1. The van der Waals surface area contributed by atoms with E-state index in [-0.39, 0.29) is 0 Å². The highest BCUT2D eigenvalue weighted by Gasteiger charge is 2.30. The van der Waals surface area contributed by atoms with E-state index >= 15 is 0 Å². The highest BCUT2D eigenvalue weighted by atomic mass is 31.2. The summed E-state index contributed by atoms with van der Waals surface area (Å²) in [5.74, 6) is 0. The zero-order valence-electron chi connectivity index (χ0n) is 25.1. The van der Waals surface area contributed by atoms with E-state index in [0.717, 1.165) is 54.3 Å². The van der Waals surface area contributed by atoms with Crippen molar-refractivity contribution in [2.24, 2.45) is 0 Å². The number of benzene rings is 6. The maximum Gasteiger partial charge on any atom is 0.171 e. The Morgan fingerprint density at radius 2 is 0.543 bits per heavy atom. The lowest BCUT2D eigenvalue weighted by Gasteiger charge is -2.20. The van der Waals surface area contributed by atoms with Gasteiger partial charge in [-0.3, -0.25) is 0 Å². The predicted octanol–water partition coefficient (Wildman–Crippen LogP) is 7.69. The minimum Gasteiger partial charge on any atom is -0.309 e. The summed E-state index contributed by atoms with van der Waals surface area (Å²) in [4.78, 5) is 4.99. The molecule has 46 heavy (non-hydrogen) atoms. The van der Waals surface area contributed by atoms with Gasteiger partial charge in [0.05, 0.1) is 11.4 Å². The molecule has 0 aliphatic heterocycles. The molecular weight excluding hydrogens is 600 g/mol. The van der Waals surface area contributed by atoms with Gasteiger partial charge in [0, 0.05) is 43.0 Å². The molecule has 0 aliphatic carbocycles. The molecule has 0 unspecified atom stereocenters. The minimum absolute atomic E-state index is 0.779. The van der Waals surface area contributed by atoms with Crippen molar-refractivity contribution in [1.82, 2.24) is 4.98 Å². The molecule has 0 bridgehead atoms. The summed E-state index contributed by atoms with van der Waals surface area (Å²) in [6.45, 7) is 0. The maximum atomic E-state index is 14.7. The Bertz CT molecular complexity index is 1930. The largest absolute Gasteiger partial charge is 0.309 e. The van der Waals surface area contributed by atoms with Crippen molar-refractivity contribution in [3.63, 3.8) is 0 Å². The zero-order valence-corrected chi connectivity index (χ0v) is 26.8. The quantitative estimate of drug-likeness (QED) is 0.162. The van der Waals surface area contributed by atoms with E-state index in [0.29, 0.717) is 0 Å². The second-order valence-corrected chi connectivity index (χ2v) is 16.6. The van der Waals surface area contributed by atoms with Gasteiger partial charge >= 0.3 is 0 Å². The number of rotatable bonds is 8. The van der Waals surface area contributed by atoms with Crippen LogP contribution in [0.4, 0.5) is 0 Å². The molecular formula is C41H31NO2P2. The Morgan fingerprint density at radius 1 is 0.283 bits per heavy atom. The van der Waals surface area contributed by atoms with Gasteiger partial charge in [0.15, 0.2) is 14.3 Å². The van der Waals surface area contributed by atoms with Crippen LogP contribution in [0.2, 0.25) is 0 Å². The van der Waals surface area contributed by atoms with Gasteiger partial charge in [-0.15, -0.1) is 0 Å². The summed E-state index contributed by atoms with van der Waals surface area (Å²) in [6, 6.07) is 60.6. The molecule has 0 saturated heterocycles. The van der Waals surface area contributed by atoms with E-state index in [4.69, 9.17) is 4.98 Å². The second-order valence-electron chi connectivity index (χ2n) is 11.1. The van der Waals surface area contributed by atoms with Gasteiger partial charge in [-0.2, -0.15) is 0 Å². The van der Waals surface area contributed by atoms with Crippen molar-refractivity contribution >= 4 is 46.1 Å². The normalized spacial score (nSPS) is 11.7. The third-order valence-corrected chi connectivity index (χ3v) is 14.4. The zero-order chi connectivity index (χ0) is 31.4. The van der Waals surface area contributed by atoms with Gasteiger partial charge in [0.2, 0.25) is 0 Å². The average molecular weight is 632 g/mol. The molecule has 0 spiro atoms. The van der Waals surface area contributed by atoms with Crippen LogP contribution in [0, 0.1) is 0 Å². The van der Waals surface area contributed by atoms with Crippen molar-refractivity contribution in [3.05, 3.63) is 188 Å². The molecule has 1 heterocycles. The van der Waals surface area contributed by atoms with E-state index in [2.05, 4.69) is 0 Å². The van der Waals surface area contributed by atoms with Crippen LogP contribution in [-0.4, -0.2) is 4.98 Å². The Hall–Kier alpha value is -5.07. The molecule has 0 amide bonds. The third-order valence-electron chi connectivity index (χ3n) is 8.28. The molecule has 3 nitrogen and oxygen atoms in total. The lowest BCUT2D eigenvalue weighted by atomic mass is 10.1. The van der Waals surface area contributed by atoms with Crippen molar-refractivity contribution in [1.29, 1.82) is 0 Å². The Morgan fingerprint density at radius 3 is 0.826 bits per heavy atom. The average Bonchev–Trinajstić information content (AvgIpc) is 3.16. The molecule has 7 aromatic rings. The summed E-state index contributed by atoms with van der Waals surface area (Å²) in [5.41, 5.74) is 3.52. The highest BCUT2D eigenvalue weighted by molar-refractivity contribution is 7.85. The molecule has 0 saturated carbocycles. The van der Waals surface area contributed by atoms with Gasteiger partial charge in [0.1, 0.15) is 0 Å². The number of nitrogens with zero attached hydrogens (tertiary/aromatic N) is 1. The van der Waals surface area contributed by atoms with E-state index in [9.17, 15) is 9.13 Å². The van der Waals surface area contributed by atoms with Crippen LogP contribution in [0.25, 0.3) is 22.5 Å². The molecule has 5 heteroatoms. The third kappa shape index (κ3) is 5.50. The summed E-state index contributed by atoms with van der Waals surface area (Å²) in [5, 5.41) is 4.79. The predicted molar refractivity (Wildman–Crippen MR) is 194 cm³/mol. The molecule has 6 aromatic carbocycles. The topological polar surface area (TPSA) is 47.0 Å². The van der Waals surface area contributed by atoms with E-state index in [1.165, 1.54) is 0 Å². The first-order valence-electron chi connectivity index (χ1n) is 15.2. The first-order valence-corrected chi connectivity index (χ1v) is 18.6. The molecule has 0 fully saturated rings. The second kappa shape index (κ2) is 12.7. The maximum absolute atomic E-state index is 14.7. The Balaban J connectivity index is 1.21. The molecule has 7 rings (SSSR count). The molecule has 0 atom stereocenters. The number of hydrogen-bond donors (Lipinski definition) is 0. The van der Waals surface area contributed by atoms with Crippen molar-refractivity contribution < 1.29 is 9.13 Å². The van der Waals surface area contributed by atoms with Crippen LogP contribution >= 0.6 is 14.3 Å². The minimum atomic E-state index is -3.05. The summed E-state index contributed by atoms with van der Waals surface area (Å²) in [7, 11) is -6.10. The SMILES string of the molecule is O=P(c1ccccc1)(c1ccccc1)c1ccc(-c2cccc(-c3ccc(P(=O)(c4ccccc4)c4ccccc4)cc3)n2)cc1. The van der Waals surface area contributed by atoms with Crippen LogP contribution in [0.5, 0.6) is 0 Å². The first-order chi connectivity index (χ1) is 22.6. The van der Waals surface area contributed by atoms with Gasteiger partial charge in [-0.05, 0) is 12.1 Å². The standard InChI is InChI=1S/C41H31NO2P2/c43-45(34-14-5-1-6-15-34,35-16-7-2-8-17-35)38-28-24-32(25-29-38)40-22-13-23-41(42-40)33-26-30-39(31-27-33)46(44,36-18-9-3-10-19-36)37-20-11-4-12-21-37/h1-31H. The van der Waals surface area contributed by atoms with E-state index in [1.807, 2.05) is 188 Å². The summed E-state index contributed by atoms with van der Waals surface area (Å²) in [6.07, 6.45) is 0. The van der Waals surface area contributed by atoms with Crippen molar-refractivity contribution in [2.75, 3.05) is 0 Å². The van der Waals surface area contributed by atoms with Crippen molar-refractivity contribution in [2.45, 2.75) is 0 Å². The van der Waals surface area contributed by atoms with Crippen LogP contribution in [-0.2, 0) is 9.13 Å². The number of pyridine rings is 1. The molecule has 0 aliphatic rings. The molecule has 1 aromatic heterocycles. The summed E-state index contributed by atoms with van der Waals surface area (Å²) < 4.78 is 29.5. The van der Waals surface area contributed by atoms with E-state index in [1.54, 1.807) is 0 Å². The van der Waals surface area contributed by atoms with Crippen LogP contribution < -0.4 is 31.8 Å². The molecule has 222 valence electrons.